The fraction of sp³-hybridized carbons (Fsp3) is 0.207. The molecule has 3 aromatic carbocycles. The molecule has 0 atom stereocenters. The summed E-state index contributed by atoms with van der Waals surface area (Å²) >= 11 is 0. The smallest absolute Gasteiger partial charge is 0.0715 e. The number of pyridine rings is 1. The average Bonchev–Trinajstić information content (AvgIpc) is 2.81. The van der Waals surface area contributed by atoms with Crippen molar-refractivity contribution in [2.45, 2.75) is 27.7 Å². The van der Waals surface area contributed by atoms with Gasteiger partial charge in [-0.25, -0.2) is 4.98 Å². The van der Waals surface area contributed by atoms with Crippen molar-refractivity contribution in [2.24, 2.45) is 0 Å². The molecule has 4 aromatic rings. The van der Waals surface area contributed by atoms with Gasteiger partial charge in [0.05, 0.1) is 11.4 Å². The Morgan fingerprint density at radius 2 is 0.968 bits per heavy atom. The van der Waals surface area contributed by atoms with E-state index in [9.17, 15) is 0 Å². The maximum atomic E-state index is 5.02. The van der Waals surface area contributed by atoms with Crippen LogP contribution in [0.15, 0.2) is 84.9 Å². The van der Waals surface area contributed by atoms with E-state index in [0.29, 0.717) is 0 Å². The van der Waals surface area contributed by atoms with Gasteiger partial charge in [-0.3, -0.25) is 0 Å². The molecule has 0 fully saturated rings. The van der Waals surface area contributed by atoms with Crippen LogP contribution < -0.4 is 4.90 Å². The Hall–Kier alpha value is -3.39. The van der Waals surface area contributed by atoms with Crippen molar-refractivity contribution in [3.05, 3.63) is 96.1 Å². The van der Waals surface area contributed by atoms with Crippen LogP contribution in [-0.4, -0.2) is 18.1 Å². The van der Waals surface area contributed by atoms with Crippen LogP contribution in [0.3, 0.4) is 0 Å². The Labute approximate surface area is 186 Å². The number of hydrogen-bond acceptors (Lipinski definition) is 2. The van der Waals surface area contributed by atoms with Crippen LogP contribution in [0.2, 0.25) is 0 Å². The summed E-state index contributed by atoms with van der Waals surface area (Å²) in [4.78, 5) is 7.39. The molecule has 0 aliphatic carbocycles. The number of rotatable bonds is 6. The molecule has 1 aromatic heterocycles. The Morgan fingerprint density at radius 1 is 0.548 bits per heavy atom. The molecular weight excluding hydrogens is 376 g/mol. The standard InChI is InChI=1S/C29H30N2/c1-5-31(6-2)27-17-15-23(16-18-27)26-19-28(24-11-7-21(3)8-12-24)30-29(20-26)25-13-9-22(4)10-14-25/h7-20H,5-6H2,1-4H3. The van der Waals surface area contributed by atoms with Gasteiger partial charge < -0.3 is 4.90 Å². The highest BCUT2D eigenvalue weighted by molar-refractivity contribution is 5.77. The monoisotopic (exact) mass is 406 g/mol. The minimum absolute atomic E-state index is 1.00. The summed E-state index contributed by atoms with van der Waals surface area (Å²) in [5, 5.41) is 0. The normalized spacial score (nSPS) is 10.8. The van der Waals surface area contributed by atoms with E-state index in [1.54, 1.807) is 0 Å². The topological polar surface area (TPSA) is 16.1 Å². The van der Waals surface area contributed by atoms with Crippen molar-refractivity contribution in [2.75, 3.05) is 18.0 Å². The lowest BCUT2D eigenvalue weighted by Crippen LogP contribution is -2.21. The maximum Gasteiger partial charge on any atom is 0.0715 e. The minimum atomic E-state index is 1.00. The molecular formula is C29H30N2. The summed E-state index contributed by atoms with van der Waals surface area (Å²) in [6.45, 7) is 10.6. The molecule has 156 valence electrons. The van der Waals surface area contributed by atoms with E-state index in [-0.39, 0.29) is 0 Å². The molecule has 0 spiro atoms. The van der Waals surface area contributed by atoms with Gasteiger partial charge in [-0.2, -0.15) is 0 Å². The van der Waals surface area contributed by atoms with Crippen LogP contribution in [0.25, 0.3) is 33.6 Å². The van der Waals surface area contributed by atoms with Crippen LogP contribution in [0, 0.1) is 13.8 Å². The molecule has 2 nitrogen and oxygen atoms in total. The van der Waals surface area contributed by atoms with Crippen LogP contribution in [-0.2, 0) is 0 Å². The number of hydrogen-bond donors (Lipinski definition) is 0. The minimum Gasteiger partial charge on any atom is -0.372 e. The van der Waals surface area contributed by atoms with Crippen molar-refractivity contribution >= 4 is 5.69 Å². The fourth-order valence-corrected chi connectivity index (χ4v) is 3.90. The Balaban J connectivity index is 1.81. The lowest BCUT2D eigenvalue weighted by atomic mass is 9.99. The van der Waals surface area contributed by atoms with E-state index in [2.05, 4.69) is 118 Å². The van der Waals surface area contributed by atoms with Gasteiger partial charge >= 0.3 is 0 Å². The molecule has 4 rings (SSSR count). The lowest BCUT2D eigenvalue weighted by molar-refractivity contribution is 0.866. The number of aryl methyl sites for hydroxylation is 2. The first-order valence-corrected chi connectivity index (χ1v) is 11.1. The van der Waals surface area contributed by atoms with Crippen molar-refractivity contribution in [3.63, 3.8) is 0 Å². The third kappa shape index (κ3) is 4.69. The highest BCUT2D eigenvalue weighted by Crippen LogP contribution is 2.31. The largest absolute Gasteiger partial charge is 0.372 e. The molecule has 2 heteroatoms. The SMILES string of the molecule is CCN(CC)c1ccc(-c2cc(-c3ccc(C)cc3)nc(-c3ccc(C)cc3)c2)cc1. The van der Waals surface area contributed by atoms with Gasteiger partial charge in [0.15, 0.2) is 0 Å². The van der Waals surface area contributed by atoms with Gasteiger partial charge in [0.1, 0.15) is 0 Å². The van der Waals surface area contributed by atoms with E-state index < -0.39 is 0 Å². The molecule has 1 heterocycles. The number of anilines is 1. The van der Waals surface area contributed by atoms with Gasteiger partial charge in [-0.15, -0.1) is 0 Å². The van der Waals surface area contributed by atoms with Crippen LogP contribution >= 0.6 is 0 Å². The van der Waals surface area contributed by atoms with Crippen LogP contribution in [0.1, 0.15) is 25.0 Å². The number of nitrogens with zero attached hydrogens (tertiary/aromatic N) is 2. The molecule has 0 unspecified atom stereocenters. The summed E-state index contributed by atoms with van der Waals surface area (Å²) in [5.74, 6) is 0. The van der Waals surface area contributed by atoms with Crippen molar-refractivity contribution in [1.29, 1.82) is 0 Å². The van der Waals surface area contributed by atoms with Gasteiger partial charge in [-0.05, 0) is 63.1 Å². The predicted octanol–water partition coefficient (Wildman–Crippen LogP) is 7.55. The predicted molar refractivity (Wildman–Crippen MR) is 134 cm³/mol. The summed E-state index contributed by atoms with van der Waals surface area (Å²) in [7, 11) is 0. The molecule has 0 radical (unpaired) electrons. The van der Waals surface area contributed by atoms with Gasteiger partial charge in [0, 0.05) is 29.9 Å². The van der Waals surface area contributed by atoms with Crippen molar-refractivity contribution in [1.82, 2.24) is 4.98 Å². The quantitative estimate of drug-likeness (QED) is 0.329. The van der Waals surface area contributed by atoms with Crippen LogP contribution in [0.5, 0.6) is 0 Å². The molecule has 0 N–H and O–H groups in total. The van der Waals surface area contributed by atoms with E-state index in [1.807, 2.05) is 0 Å². The first-order valence-electron chi connectivity index (χ1n) is 11.1. The van der Waals surface area contributed by atoms with Crippen molar-refractivity contribution < 1.29 is 0 Å². The molecule has 0 aliphatic heterocycles. The fourth-order valence-electron chi connectivity index (χ4n) is 3.90. The Kier molecular flexibility index (Phi) is 6.18. The second kappa shape index (κ2) is 9.18. The highest BCUT2D eigenvalue weighted by Gasteiger charge is 2.10. The first-order chi connectivity index (χ1) is 15.1. The zero-order valence-electron chi connectivity index (χ0n) is 18.9. The summed E-state index contributed by atoms with van der Waals surface area (Å²) in [6, 6.07) is 30.5. The lowest BCUT2D eigenvalue weighted by Gasteiger charge is -2.21. The van der Waals surface area contributed by atoms with E-state index in [0.717, 1.165) is 35.6 Å². The highest BCUT2D eigenvalue weighted by atomic mass is 15.1. The molecule has 31 heavy (non-hydrogen) atoms. The second-order valence-corrected chi connectivity index (χ2v) is 8.08. The zero-order chi connectivity index (χ0) is 21.8. The molecule has 0 saturated heterocycles. The molecule has 0 saturated carbocycles. The second-order valence-electron chi connectivity index (χ2n) is 8.08. The van der Waals surface area contributed by atoms with E-state index in [4.69, 9.17) is 4.98 Å². The average molecular weight is 407 g/mol. The zero-order valence-corrected chi connectivity index (χ0v) is 18.9. The maximum absolute atomic E-state index is 5.02. The summed E-state index contributed by atoms with van der Waals surface area (Å²) in [6.07, 6.45) is 0. The van der Waals surface area contributed by atoms with E-state index >= 15 is 0 Å². The summed E-state index contributed by atoms with van der Waals surface area (Å²) in [5.41, 5.74) is 10.5. The van der Waals surface area contributed by atoms with Gasteiger partial charge in [-0.1, -0.05) is 71.8 Å². The van der Waals surface area contributed by atoms with Gasteiger partial charge in [0.2, 0.25) is 0 Å². The number of aromatic nitrogens is 1. The molecule has 0 amide bonds. The third-order valence-corrected chi connectivity index (χ3v) is 5.85. The molecule has 0 aliphatic rings. The number of benzene rings is 3. The van der Waals surface area contributed by atoms with E-state index in [1.165, 1.54) is 27.9 Å². The first kappa shape index (κ1) is 20.9. The van der Waals surface area contributed by atoms with Gasteiger partial charge in [0.25, 0.3) is 0 Å². The Bertz CT molecular complexity index is 1070. The molecule has 0 bridgehead atoms. The van der Waals surface area contributed by atoms with Crippen LogP contribution in [0.4, 0.5) is 5.69 Å². The Morgan fingerprint density at radius 3 is 1.39 bits per heavy atom. The van der Waals surface area contributed by atoms with Crippen molar-refractivity contribution in [3.8, 4) is 33.6 Å². The summed E-state index contributed by atoms with van der Waals surface area (Å²) < 4.78 is 0. The third-order valence-electron chi connectivity index (χ3n) is 5.85.